The Labute approximate surface area is 155 Å². The number of pyridine rings is 1. The first-order valence-corrected chi connectivity index (χ1v) is 8.85. The van der Waals surface area contributed by atoms with E-state index < -0.39 is 0 Å². The number of hydrogen-bond donors (Lipinski definition) is 2. The van der Waals surface area contributed by atoms with Crippen LogP contribution < -0.4 is 5.56 Å². The second-order valence-electron chi connectivity index (χ2n) is 5.58. The Bertz CT molecular complexity index is 1160. The van der Waals surface area contributed by atoms with Crippen LogP contribution >= 0.6 is 15.9 Å². The van der Waals surface area contributed by atoms with E-state index in [1.54, 1.807) is 42.6 Å². The molecule has 8 heteroatoms. The topological polar surface area (TPSA) is 93.2 Å². The first-order chi connectivity index (χ1) is 12.6. The zero-order valence-electron chi connectivity index (χ0n) is 13.4. The smallest absolute Gasteiger partial charge is 0.279 e. The van der Waals surface area contributed by atoms with Crippen molar-refractivity contribution < 1.29 is 10.2 Å². The van der Waals surface area contributed by atoms with Crippen molar-refractivity contribution in [2.75, 3.05) is 0 Å². The van der Waals surface area contributed by atoms with Crippen molar-refractivity contribution >= 4 is 27.1 Å². The Hall–Kier alpha value is -3.13. The summed E-state index contributed by atoms with van der Waals surface area (Å²) in [6.07, 6.45) is 1.60. The lowest BCUT2D eigenvalue weighted by Crippen LogP contribution is -2.24. The van der Waals surface area contributed by atoms with E-state index in [-0.39, 0.29) is 17.3 Å². The third kappa shape index (κ3) is 2.55. The summed E-state index contributed by atoms with van der Waals surface area (Å²) < 4.78 is 2.75. The summed E-state index contributed by atoms with van der Waals surface area (Å²) in [5.41, 5.74) is 2.16. The van der Waals surface area contributed by atoms with E-state index in [0.29, 0.717) is 33.6 Å². The maximum absolute atomic E-state index is 12.9. The molecule has 0 atom stereocenters. The molecule has 3 heterocycles. The van der Waals surface area contributed by atoms with E-state index in [9.17, 15) is 15.0 Å². The Morgan fingerprint density at radius 3 is 2.35 bits per heavy atom. The number of benzene rings is 1. The molecule has 0 radical (unpaired) electrons. The molecular weight excluding hydrogens is 400 g/mol. The average molecular weight is 413 g/mol. The normalized spacial score (nSPS) is 11.1. The summed E-state index contributed by atoms with van der Waals surface area (Å²) in [5.74, 6) is -0.211. The number of alkyl halides is 1. The van der Waals surface area contributed by atoms with Crippen molar-refractivity contribution in [2.45, 2.75) is 5.33 Å². The molecule has 130 valence electrons. The average Bonchev–Trinajstić information content (AvgIpc) is 2.99. The van der Waals surface area contributed by atoms with Gasteiger partial charge in [-0.1, -0.05) is 22.0 Å². The quantitative estimate of drug-likeness (QED) is 0.504. The van der Waals surface area contributed by atoms with Crippen LogP contribution in [0.15, 0.2) is 59.5 Å². The number of halogens is 1. The minimum atomic E-state index is -0.286. The van der Waals surface area contributed by atoms with E-state index in [1.807, 2.05) is 0 Å². The molecule has 0 amide bonds. The molecule has 0 fully saturated rings. The Kier molecular flexibility index (Phi) is 3.96. The van der Waals surface area contributed by atoms with Crippen LogP contribution in [0.2, 0.25) is 0 Å². The molecule has 0 bridgehead atoms. The van der Waals surface area contributed by atoms with Crippen LogP contribution in [0.3, 0.4) is 0 Å². The first-order valence-electron chi connectivity index (χ1n) is 7.73. The molecular formula is C18H13BrN4O3. The molecule has 2 N–H and O–H groups in total. The molecule has 4 rings (SSSR count). The van der Waals surface area contributed by atoms with Gasteiger partial charge in [-0.3, -0.25) is 13.9 Å². The number of fused-ring (bicyclic) bond motifs is 1. The standard InChI is InChI=1S/C18H13BrN4O3/c19-10-14-18(26)23(17-13(21-14)5-2-8-20-17)12-4-1-3-11(9-12)22-15(24)6-7-16(22)25/h1-9,24-25H,10H2. The van der Waals surface area contributed by atoms with E-state index in [0.717, 1.165) is 0 Å². The van der Waals surface area contributed by atoms with Crippen LogP contribution in [0, 0.1) is 0 Å². The summed E-state index contributed by atoms with van der Waals surface area (Å²) in [6.45, 7) is 0. The van der Waals surface area contributed by atoms with Crippen LogP contribution in [-0.2, 0) is 5.33 Å². The third-order valence-corrected chi connectivity index (χ3v) is 4.53. The van der Waals surface area contributed by atoms with Crippen LogP contribution in [-0.4, -0.2) is 29.3 Å². The van der Waals surface area contributed by atoms with Gasteiger partial charge >= 0.3 is 0 Å². The van der Waals surface area contributed by atoms with Crippen LogP contribution in [0.5, 0.6) is 11.8 Å². The fraction of sp³-hybridized carbons (Fsp3) is 0.0556. The van der Waals surface area contributed by atoms with E-state index >= 15 is 0 Å². The lowest BCUT2D eigenvalue weighted by atomic mass is 10.2. The van der Waals surface area contributed by atoms with Gasteiger partial charge in [0.25, 0.3) is 5.56 Å². The molecule has 0 aliphatic heterocycles. The summed E-state index contributed by atoms with van der Waals surface area (Å²) in [5, 5.41) is 20.2. The molecule has 3 aromatic heterocycles. The molecule has 26 heavy (non-hydrogen) atoms. The van der Waals surface area contributed by atoms with E-state index in [1.165, 1.54) is 21.3 Å². The van der Waals surface area contributed by atoms with Crippen molar-refractivity contribution in [1.29, 1.82) is 0 Å². The number of nitrogens with zero attached hydrogens (tertiary/aromatic N) is 4. The zero-order chi connectivity index (χ0) is 18.3. The minimum Gasteiger partial charge on any atom is -0.494 e. The maximum Gasteiger partial charge on any atom is 0.279 e. The van der Waals surface area contributed by atoms with Crippen LogP contribution in [0.4, 0.5) is 0 Å². The molecule has 1 aromatic carbocycles. The molecule has 0 saturated carbocycles. The number of aromatic nitrogens is 4. The van der Waals surface area contributed by atoms with Crippen molar-refractivity contribution in [3.63, 3.8) is 0 Å². The fourth-order valence-corrected chi connectivity index (χ4v) is 3.21. The fourth-order valence-electron chi connectivity index (χ4n) is 2.84. The van der Waals surface area contributed by atoms with Gasteiger partial charge in [-0.05, 0) is 30.3 Å². The summed E-state index contributed by atoms with van der Waals surface area (Å²) in [6, 6.07) is 13.2. The summed E-state index contributed by atoms with van der Waals surface area (Å²) >= 11 is 3.30. The van der Waals surface area contributed by atoms with Gasteiger partial charge < -0.3 is 10.2 Å². The van der Waals surface area contributed by atoms with Crippen LogP contribution in [0.1, 0.15) is 5.69 Å². The maximum atomic E-state index is 12.9. The highest BCUT2D eigenvalue weighted by atomic mass is 79.9. The highest BCUT2D eigenvalue weighted by Gasteiger charge is 2.14. The zero-order valence-corrected chi connectivity index (χ0v) is 15.0. The van der Waals surface area contributed by atoms with Crippen molar-refractivity contribution in [3.8, 4) is 23.1 Å². The molecule has 0 aliphatic rings. The van der Waals surface area contributed by atoms with Gasteiger partial charge in [-0.25, -0.2) is 9.97 Å². The molecule has 7 nitrogen and oxygen atoms in total. The summed E-state index contributed by atoms with van der Waals surface area (Å²) in [4.78, 5) is 21.5. The van der Waals surface area contributed by atoms with Crippen LogP contribution in [0.25, 0.3) is 22.5 Å². The largest absolute Gasteiger partial charge is 0.494 e. The molecule has 4 aromatic rings. The van der Waals surface area contributed by atoms with Crippen molar-refractivity contribution in [3.05, 3.63) is 70.8 Å². The van der Waals surface area contributed by atoms with Gasteiger partial charge in [0.15, 0.2) is 17.4 Å². The second kappa shape index (κ2) is 6.30. The van der Waals surface area contributed by atoms with Gasteiger partial charge in [0, 0.05) is 18.3 Å². The third-order valence-electron chi connectivity index (χ3n) is 4.00. The predicted octanol–water partition coefficient (Wildman–Crippen LogP) is 2.88. The summed E-state index contributed by atoms with van der Waals surface area (Å²) in [7, 11) is 0. The van der Waals surface area contributed by atoms with Crippen molar-refractivity contribution in [1.82, 2.24) is 19.1 Å². The lowest BCUT2D eigenvalue weighted by molar-refractivity contribution is 0.402. The molecule has 0 unspecified atom stereocenters. The van der Waals surface area contributed by atoms with Gasteiger partial charge in [-0.15, -0.1) is 0 Å². The molecule has 0 saturated heterocycles. The van der Waals surface area contributed by atoms with Gasteiger partial charge in [-0.2, -0.15) is 0 Å². The molecule has 0 aliphatic carbocycles. The van der Waals surface area contributed by atoms with E-state index in [2.05, 4.69) is 25.9 Å². The Morgan fingerprint density at radius 1 is 0.962 bits per heavy atom. The number of aromatic hydroxyl groups is 2. The predicted molar refractivity (Wildman–Crippen MR) is 100 cm³/mol. The Balaban J connectivity index is 2.01. The highest BCUT2D eigenvalue weighted by molar-refractivity contribution is 9.08. The van der Waals surface area contributed by atoms with Crippen molar-refractivity contribution in [2.24, 2.45) is 0 Å². The SMILES string of the molecule is O=c1c(CBr)nc2cccnc2n1-c1cccc(-n2c(O)ccc2O)c1. The monoisotopic (exact) mass is 412 g/mol. The minimum absolute atomic E-state index is 0.106. The Morgan fingerprint density at radius 2 is 1.65 bits per heavy atom. The first kappa shape index (κ1) is 16.3. The van der Waals surface area contributed by atoms with E-state index in [4.69, 9.17) is 0 Å². The second-order valence-corrected chi connectivity index (χ2v) is 6.14. The number of hydrogen-bond acceptors (Lipinski definition) is 5. The van der Waals surface area contributed by atoms with Gasteiger partial charge in [0.2, 0.25) is 0 Å². The van der Waals surface area contributed by atoms with Gasteiger partial charge in [0.05, 0.1) is 16.7 Å². The number of rotatable bonds is 3. The highest BCUT2D eigenvalue weighted by Crippen LogP contribution is 2.27. The lowest BCUT2D eigenvalue weighted by Gasteiger charge is -2.13. The molecule has 0 spiro atoms. The van der Waals surface area contributed by atoms with Gasteiger partial charge in [0.1, 0.15) is 11.2 Å².